The van der Waals surface area contributed by atoms with Crippen molar-refractivity contribution in [3.05, 3.63) is 0 Å². The normalized spacial score (nSPS) is 27.9. The molecule has 2 rings (SSSR count). The predicted octanol–water partition coefficient (Wildman–Crippen LogP) is 0.827. The Balaban J connectivity index is 1.54. The third-order valence-corrected chi connectivity index (χ3v) is 4.59. The molecule has 0 bridgehead atoms. The third kappa shape index (κ3) is 5.34. The molecule has 2 fully saturated rings. The van der Waals surface area contributed by atoms with Crippen LogP contribution in [-0.4, -0.2) is 54.0 Å². The molecule has 0 aromatic carbocycles. The highest BCUT2D eigenvalue weighted by atomic mass is 16.5. The molecule has 0 amide bonds. The monoisotopic (exact) mass is 314 g/mol. The maximum absolute atomic E-state index is 11.4. The first-order valence-corrected chi connectivity index (χ1v) is 8.19. The lowest BCUT2D eigenvalue weighted by atomic mass is 9.95. The van der Waals surface area contributed by atoms with Gasteiger partial charge in [-0.1, -0.05) is 0 Å². The number of aliphatic hydroxyl groups excluding tert-OH is 2. The van der Waals surface area contributed by atoms with Crippen molar-refractivity contribution >= 4 is 11.8 Å². The van der Waals surface area contributed by atoms with Crippen molar-refractivity contribution in [1.29, 1.82) is 0 Å². The fourth-order valence-corrected chi connectivity index (χ4v) is 3.02. The van der Waals surface area contributed by atoms with Crippen molar-refractivity contribution in [1.82, 2.24) is 0 Å². The van der Waals surface area contributed by atoms with E-state index >= 15 is 0 Å². The highest BCUT2D eigenvalue weighted by Crippen LogP contribution is 2.22. The maximum atomic E-state index is 11.4. The lowest BCUT2D eigenvalue weighted by Gasteiger charge is -2.16. The molecule has 4 atom stereocenters. The van der Waals surface area contributed by atoms with Gasteiger partial charge in [0.05, 0.1) is 31.3 Å². The van der Waals surface area contributed by atoms with Gasteiger partial charge in [-0.05, 0) is 44.9 Å². The minimum Gasteiger partial charge on any atom is -0.465 e. The molecule has 2 N–H and O–H groups in total. The van der Waals surface area contributed by atoms with Crippen LogP contribution in [0.3, 0.4) is 0 Å². The molecule has 6 heteroatoms. The summed E-state index contributed by atoms with van der Waals surface area (Å²) in [7, 11) is 0. The second kappa shape index (κ2) is 8.60. The van der Waals surface area contributed by atoms with E-state index in [0.29, 0.717) is 51.7 Å². The maximum Gasteiger partial charge on any atom is 0.309 e. The standard InChI is InChI=1S/C16H26O6/c17-13(3-1-11-7-8-22-16(11)20)5-6-14(18)4-2-12-9-21-10-15(12)19/h11-14,17-18H,1-10H2. The van der Waals surface area contributed by atoms with Crippen molar-refractivity contribution in [3.8, 4) is 0 Å². The van der Waals surface area contributed by atoms with Gasteiger partial charge in [0.25, 0.3) is 0 Å². The van der Waals surface area contributed by atoms with Crippen LogP contribution in [0, 0.1) is 11.8 Å². The smallest absolute Gasteiger partial charge is 0.309 e. The van der Waals surface area contributed by atoms with Gasteiger partial charge in [-0.3, -0.25) is 9.59 Å². The molecule has 22 heavy (non-hydrogen) atoms. The van der Waals surface area contributed by atoms with Crippen LogP contribution >= 0.6 is 0 Å². The number of ether oxygens (including phenoxy) is 2. The van der Waals surface area contributed by atoms with E-state index in [0.717, 1.165) is 6.42 Å². The van der Waals surface area contributed by atoms with E-state index < -0.39 is 12.2 Å². The van der Waals surface area contributed by atoms with E-state index in [9.17, 15) is 19.8 Å². The van der Waals surface area contributed by atoms with Gasteiger partial charge in [-0.15, -0.1) is 0 Å². The van der Waals surface area contributed by atoms with Gasteiger partial charge in [0.1, 0.15) is 6.61 Å². The SMILES string of the molecule is O=C1COCC1CCC(O)CCC(O)CCC1CCOC1=O. The van der Waals surface area contributed by atoms with E-state index in [-0.39, 0.29) is 30.2 Å². The fraction of sp³-hybridized carbons (Fsp3) is 0.875. The number of ketones is 1. The molecule has 0 radical (unpaired) electrons. The molecule has 0 saturated carbocycles. The van der Waals surface area contributed by atoms with Crippen LogP contribution in [0.5, 0.6) is 0 Å². The van der Waals surface area contributed by atoms with Gasteiger partial charge in [0, 0.05) is 5.92 Å². The Hall–Kier alpha value is -0.980. The van der Waals surface area contributed by atoms with Crippen molar-refractivity contribution in [2.45, 2.75) is 57.2 Å². The Labute approximate surface area is 130 Å². The van der Waals surface area contributed by atoms with Crippen molar-refractivity contribution < 1.29 is 29.3 Å². The Morgan fingerprint density at radius 2 is 1.64 bits per heavy atom. The summed E-state index contributed by atoms with van der Waals surface area (Å²) in [5.74, 6) is -0.188. The molecule has 126 valence electrons. The molecule has 2 saturated heterocycles. The number of cyclic esters (lactones) is 1. The molecule has 0 aromatic heterocycles. The third-order valence-electron chi connectivity index (χ3n) is 4.59. The summed E-state index contributed by atoms with van der Waals surface area (Å²) in [4.78, 5) is 22.7. The molecule has 0 aliphatic carbocycles. The second-order valence-corrected chi connectivity index (χ2v) is 6.37. The first-order valence-electron chi connectivity index (χ1n) is 8.19. The Morgan fingerprint density at radius 1 is 1.00 bits per heavy atom. The number of Topliss-reactive ketones (excluding diaryl/α,β-unsaturated/α-hetero) is 1. The minimum atomic E-state index is -0.500. The van der Waals surface area contributed by atoms with Gasteiger partial charge >= 0.3 is 5.97 Å². The van der Waals surface area contributed by atoms with E-state index in [1.165, 1.54) is 0 Å². The van der Waals surface area contributed by atoms with Gasteiger partial charge in [-0.25, -0.2) is 0 Å². The lowest BCUT2D eigenvalue weighted by Crippen LogP contribution is -2.18. The molecule has 0 aromatic rings. The number of carbonyl (C=O) groups excluding carboxylic acids is 2. The van der Waals surface area contributed by atoms with Crippen LogP contribution in [0.25, 0.3) is 0 Å². The van der Waals surface area contributed by atoms with Crippen molar-refractivity contribution in [3.63, 3.8) is 0 Å². The van der Waals surface area contributed by atoms with E-state index in [1.54, 1.807) is 0 Å². The quantitative estimate of drug-likeness (QED) is 0.612. The molecule has 4 unspecified atom stereocenters. The predicted molar refractivity (Wildman–Crippen MR) is 78.1 cm³/mol. The minimum absolute atomic E-state index is 0.0760. The molecule has 6 nitrogen and oxygen atoms in total. The van der Waals surface area contributed by atoms with Gasteiger partial charge in [0.15, 0.2) is 5.78 Å². The van der Waals surface area contributed by atoms with Gasteiger partial charge in [0.2, 0.25) is 0 Å². The molecular weight excluding hydrogens is 288 g/mol. The highest BCUT2D eigenvalue weighted by Gasteiger charge is 2.27. The van der Waals surface area contributed by atoms with Crippen LogP contribution in [0.1, 0.15) is 44.9 Å². The second-order valence-electron chi connectivity index (χ2n) is 6.37. The number of esters is 1. The Morgan fingerprint density at radius 3 is 2.14 bits per heavy atom. The molecule has 2 heterocycles. The lowest BCUT2D eigenvalue weighted by molar-refractivity contribution is -0.141. The van der Waals surface area contributed by atoms with E-state index in [1.807, 2.05) is 0 Å². The number of hydrogen-bond acceptors (Lipinski definition) is 6. The topological polar surface area (TPSA) is 93.1 Å². The van der Waals surface area contributed by atoms with Gasteiger partial charge < -0.3 is 19.7 Å². The van der Waals surface area contributed by atoms with Gasteiger partial charge in [-0.2, -0.15) is 0 Å². The number of rotatable bonds is 9. The average molecular weight is 314 g/mol. The van der Waals surface area contributed by atoms with Crippen molar-refractivity contribution in [2.24, 2.45) is 11.8 Å². The fourth-order valence-electron chi connectivity index (χ4n) is 3.02. The summed E-state index contributed by atoms with van der Waals surface area (Å²) < 4.78 is 9.97. The summed E-state index contributed by atoms with van der Waals surface area (Å²) in [6.45, 7) is 1.15. The number of hydrogen-bond donors (Lipinski definition) is 2. The molecule has 2 aliphatic heterocycles. The molecular formula is C16H26O6. The molecule has 2 aliphatic rings. The zero-order chi connectivity index (χ0) is 15.9. The Kier molecular flexibility index (Phi) is 6.79. The Bertz CT molecular complexity index is 347. The molecule has 0 spiro atoms. The zero-order valence-corrected chi connectivity index (χ0v) is 12.9. The largest absolute Gasteiger partial charge is 0.465 e. The first kappa shape index (κ1) is 17.4. The number of carbonyl (C=O) groups is 2. The van der Waals surface area contributed by atoms with Crippen LogP contribution in [0.4, 0.5) is 0 Å². The van der Waals surface area contributed by atoms with Crippen LogP contribution in [0.2, 0.25) is 0 Å². The summed E-state index contributed by atoms with van der Waals surface area (Å²) in [6, 6.07) is 0. The first-order chi connectivity index (χ1) is 10.6. The van der Waals surface area contributed by atoms with E-state index in [4.69, 9.17) is 9.47 Å². The van der Waals surface area contributed by atoms with Crippen LogP contribution in [-0.2, 0) is 19.1 Å². The summed E-state index contributed by atoms with van der Waals surface area (Å²) >= 11 is 0. The number of aliphatic hydroxyl groups is 2. The summed E-state index contributed by atoms with van der Waals surface area (Å²) in [5.41, 5.74) is 0. The summed E-state index contributed by atoms with van der Waals surface area (Å²) in [6.07, 6.45) is 3.16. The average Bonchev–Trinajstić information content (AvgIpc) is 3.09. The summed E-state index contributed by atoms with van der Waals surface area (Å²) in [5, 5.41) is 19.9. The highest BCUT2D eigenvalue weighted by molar-refractivity contribution is 5.83. The van der Waals surface area contributed by atoms with Crippen LogP contribution < -0.4 is 0 Å². The zero-order valence-electron chi connectivity index (χ0n) is 12.9. The van der Waals surface area contributed by atoms with E-state index in [2.05, 4.69) is 0 Å². The van der Waals surface area contributed by atoms with Crippen LogP contribution in [0.15, 0.2) is 0 Å². The van der Waals surface area contributed by atoms with Crippen molar-refractivity contribution in [2.75, 3.05) is 19.8 Å².